The third kappa shape index (κ3) is 7.32. The molecule has 1 fully saturated rings. The van der Waals surface area contributed by atoms with Crippen LogP contribution < -0.4 is 20.1 Å². The number of nitrogens with zero attached hydrogens (tertiary/aromatic N) is 2. The molecule has 2 heterocycles. The number of carbonyl (C=O) groups excluding carboxylic acids is 2. The van der Waals surface area contributed by atoms with E-state index in [1.54, 1.807) is 13.0 Å². The topological polar surface area (TPSA) is 124 Å². The van der Waals surface area contributed by atoms with Crippen molar-refractivity contribution < 1.29 is 27.5 Å². The zero-order valence-electron chi connectivity index (χ0n) is 22.8. The van der Waals surface area contributed by atoms with Crippen LogP contribution in [0.4, 0.5) is 5.69 Å². The Morgan fingerprint density at radius 3 is 2.59 bits per heavy atom. The highest BCUT2D eigenvalue weighted by molar-refractivity contribution is 7.89. The summed E-state index contributed by atoms with van der Waals surface area (Å²) < 4.78 is 39.5. The Labute approximate surface area is 246 Å². The van der Waals surface area contributed by atoms with Crippen LogP contribution in [0.25, 0.3) is 12.2 Å². The van der Waals surface area contributed by atoms with E-state index >= 15 is 0 Å². The molecule has 1 N–H and O–H groups in total. The molecule has 2 aromatic carbocycles. The average Bonchev–Trinajstić information content (AvgIpc) is 3.21. The first kappa shape index (κ1) is 30.7. The minimum absolute atomic E-state index is 0.0338. The van der Waals surface area contributed by atoms with E-state index in [9.17, 15) is 22.8 Å². The van der Waals surface area contributed by atoms with Gasteiger partial charge in [0.25, 0.3) is 5.56 Å². The van der Waals surface area contributed by atoms with Crippen molar-refractivity contribution in [1.82, 2.24) is 8.87 Å². The van der Waals surface area contributed by atoms with Crippen LogP contribution in [0.5, 0.6) is 0 Å². The van der Waals surface area contributed by atoms with Crippen molar-refractivity contribution in [1.29, 1.82) is 0 Å². The van der Waals surface area contributed by atoms with E-state index in [4.69, 9.17) is 21.1 Å². The predicted molar refractivity (Wildman–Crippen MR) is 158 cm³/mol. The van der Waals surface area contributed by atoms with Gasteiger partial charge in [-0.25, -0.2) is 13.2 Å². The molecular formula is C28H30ClN3O7S2. The molecule has 3 aromatic rings. The van der Waals surface area contributed by atoms with Gasteiger partial charge in [0, 0.05) is 13.1 Å². The fourth-order valence-corrected chi connectivity index (χ4v) is 6.79. The van der Waals surface area contributed by atoms with Crippen molar-refractivity contribution >= 4 is 62.7 Å². The summed E-state index contributed by atoms with van der Waals surface area (Å²) in [6, 6.07) is 9.90. The fraction of sp³-hybridized carbons (Fsp3) is 0.321. The third-order valence-electron chi connectivity index (χ3n) is 6.31. The molecule has 0 saturated carbocycles. The van der Waals surface area contributed by atoms with E-state index in [1.165, 1.54) is 33.1 Å². The zero-order chi connectivity index (χ0) is 29.7. The van der Waals surface area contributed by atoms with Crippen LogP contribution in [-0.2, 0) is 35.6 Å². The fourth-order valence-electron chi connectivity index (χ4n) is 4.16. The number of halogens is 1. The molecule has 41 heavy (non-hydrogen) atoms. The van der Waals surface area contributed by atoms with Crippen molar-refractivity contribution in [2.45, 2.75) is 32.2 Å². The Morgan fingerprint density at radius 1 is 1.15 bits per heavy atom. The minimum atomic E-state index is -3.83. The molecule has 1 aliphatic rings. The van der Waals surface area contributed by atoms with Gasteiger partial charge in [0.2, 0.25) is 15.9 Å². The van der Waals surface area contributed by atoms with Crippen LogP contribution in [0.15, 0.2) is 46.1 Å². The number of esters is 1. The molecule has 0 aliphatic carbocycles. The first-order valence-corrected chi connectivity index (χ1v) is 15.5. The van der Waals surface area contributed by atoms with Crippen molar-refractivity contribution in [3.8, 4) is 0 Å². The lowest BCUT2D eigenvalue weighted by atomic mass is 10.1. The molecule has 0 unspecified atom stereocenters. The highest BCUT2D eigenvalue weighted by Crippen LogP contribution is 2.27. The number of nitrogens with one attached hydrogen (secondary N) is 1. The van der Waals surface area contributed by atoms with Crippen LogP contribution in [-0.4, -0.2) is 62.1 Å². The number of benzene rings is 2. The predicted octanol–water partition coefficient (Wildman–Crippen LogP) is 2.01. The lowest BCUT2D eigenvalue weighted by molar-refractivity contribution is -0.135. The van der Waals surface area contributed by atoms with Crippen molar-refractivity contribution in [3.63, 3.8) is 0 Å². The molecule has 1 saturated heterocycles. The third-order valence-corrected chi connectivity index (χ3v) is 9.59. The highest BCUT2D eigenvalue weighted by Gasteiger charge is 2.27. The Balaban J connectivity index is 1.68. The molecule has 0 atom stereocenters. The number of sulfonamides is 1. The van der Waals surface area contributed by atoms with E-state index in [2.05, 4.69) is 5.32 Å². The second-order valence-electron chi connectivity index (χ2n) is 9.30. The number of rotatable bonds is 8. The van der Waals surface area contributed by atoms with Gasteiger partial charge in [-0.1, -0.05) is 35.4 Å². The smallest absolute Gasteiger partial charge is 0.333 e. The molecule has 4 rings (SSSR count). The van der Waals surface area contributed by atoms with Crippen LogP contribution in [0.2, 0.25) is 5.02 Å². The maximum atomic E-state index is 13.4. The molecule has 1 amide bonds. The van der Waals surface area contributed by atoms with Crippen LogP contribution in [0.3, 0.4) is 0 Å². The standard InChI is InChI=1S/C28H30ClN3O7S2/c1-4-39-27(34)16-26-32(28(35)24(40-26)14-20-13-18(2)5-6-19(20)3)17-25(33)30-23-15-21(7-8-22(23)29)41(36,37)31-9-11-38-12-10-31/h5-8,13-16H,4,9-12,17H2,1-3H3,(H,30,33)/b24-14-,26-16+. The summed E-state index contributed by atoms with van der Waals surface area (Å²) in [5.74, 6) is -1.28. The Hall–Kier alpha value is -3.29. The minimum Gasteiger partial charge on any atom is -0.463 e. The Kier molecular flexibility index (Phi) is 9.82. The van der Waals surface area contributed by atoms with Gasteiger partial charge in [0.05, 0.1) is 46.0 Å². The normalized spacial score (nSPS) is 15.2. The van der Waals surface area contributed by atoms with Gasteiger partial charge in [-0.15, -0.1) is 11.3 Å². The second kappa shape index (κ2) is 13.1. The summed E-state index contributed by atoms with van der Waals surface area (Å²) >= 11 is 7.35. The van der Waals surface area contributed by atoms with Gasteiger partial charge in [0.15, 0.2) is 0 Å². The lowest BCUT2D eigenvalue weighted by Crippen LogP contribution is -2.40. The van der Waals surface area contributed by atoms with Crippen molar-refractivity contribution in [3.05, 3.63) is 77.7 Å². The number of thiazole rings is 1. The van der Waals surface area contributed by atoms with Gasteiger partial charge < -0.3 is 14.8 Å². The number of morpholine rings is 1. The molecule has 10 nitrogen and oxygen atoms in total. The number of aryl methyl sites for hydroxylation is 2. The summed E-state index contributed by atoms with van der Waals surface area (Å²) in [7, 11) is -3.83. The number of carbonyl (C=O) groups is 2. The summed E-state index contributed by atoms with van der Waals surface area (Å²) in [6.07, 6.45) is 2.90. The first-order chi connectivity index (χ1) is 19.5. The Bertz CT molecular complexity index is 1760. The summed E-state index contributed by atoms with van der Waals surface area (Å²) in [5.41, 5.74) is 2.44. The van der Waals surface area contributed by atoms with Gasteiger partial charge in [0.1, 0.15) is 11.2 Å². The second-order valence-corrected chi connectivity index (χ2v) is 12.7. The number of amides is 1. The Morgan fingerprint density at radius 2 is 1.88 bits per heavy atom. The van der Waals surface area contributed by atoms with E-state index in [0.717, 1.165) is 28.0 Å². The van der Waals surface area contributed by atoms with E-state index in [1.807, 2.05) is 32.0 Å². The molecule has 218 valence electrons. The zero-order valence-corrected chi connectivity index (χ0v) is 25.2. The molecule has 0 radical (unpaired) electrons. The SMILES string of the molecule is CCOC(=O)/C=c1/s/c(=C\c2cc(C)ccc2C)c(=O)n1CC(=O)Nc1cc(S(=O)(=O)N2CCOCC2)ccc1Cl. The number of ether oxygens (including phenoxy) is 2. The van der Waals surface area contributed by atoms with Gasteiger partial charge in [-0.2, -0.15) is 4.31 Å². The van der Waals surface area contributed by atoms with Gasteiger partial charge in [-0.3, -0.25) is 14.2 Å². The summed E-state index contributed by atoms with van der Waals surface area (Å²) in [6.45, 7) is 6.25. The molecule has 1 aromatic heterocycles. The van der Waals surface area contributed by atoms with Crippen LogP contribution >= 0.6 is 22.9 Å². The summed E-state index contributed by atoms with van der Waals surface area (Å²) in [4.78, 5) is 38.8. The largest absolute Gasteiger partial charge is 0.463 e. The van der Waals surface area contributed by atoms with Crippen LogP contribution in [0, 0.1) is 13.8 Å². The number of hydrogen-bond acceptors (Lipinski definition) is 8. The van der Waals surface area contributed by atoms with Gasteiger partial charge in [-0.05, 0) is 56.2 Å². The lowest BCUT2D eigenvalue weighted by Gasteiger charge is -2.26. The van der Waals surface area contributed by atoms with E-state index in [-0.39, 0.29) is 40.0 Å². The molecular weight excluding hydrogens is 590 g/mol. The molecule has 0 bridgehead atoms. The monoisotopic (exact) mass is 619 g/mol. The van der Waals surface area contributed by atoms with Crippen LogP contribution in [0.1, 0.15) is 23.6 Å². The average molecular weight is 620 g/mol. The quantitative estimate of drug-likeness (QED) is 0.383. The molecule has 0 spiro atoms. The number of anilines is 1. The van der Waals surface area contributed by atoms with E-state index in [0.29, 0.717) is 17.7 Å². The highest BCUT2D eigenvalue weighted by atomic mass is 35.5. The number of hydrogen-bond donors (Lipinski definition) is 1. The summed E-state index contributed by atoms with van der Waals surface area (Å²) in [5, 5.41) is 2.73. The van der Waals surface area contributed by atoms with Gasteiger partial charge >= 0.3 is 5.97 Å². The number of aromatic nitrogens is 1. The van der Waals surface area contributed by atoms with Crippen molar-refractivity contribution in [2.24, 2.45) is 0 Å². The van der Waals surface area contributed by atoms with Crippen molar-refractivity contribution in [2.75, 3.05) is 38.2 Å². The maximum Gasteiger partial charge on any atom is 0.333 e. The first-order valence-electron chi connectivity index (χ1n) is 12.8. The molecule has 13 heteroatoms. The maximum absolute atomic E-state index is 13.4. The van der Waals surface area contributed by atoms with E-state index < -0.39 is 34.0 Å². The molecule has 1 aliphatic heterocycles.